The van der Waals surface area contributed by atoms with Crippen molar-refractivity contribution in [3.05, 3.63) is 164 Å². The van der Waals surface area contributed by atoms with Gasteiger partial charge in [0.25, 0.3) is 0 Å². The van der Waals surface area contributed by atoms with Gasteiger partial charge in [0.1, 0.15) is 0 Å². The summed E-state index contributed by atoms with van der Waals surface area (Å²) in [6, 6.07) is 37.4. The third-order valence-corrected chi connectivity index (χ3v) is 14.1. The summed E-state index contributed by atoms with van der Waals surface area (Å²) in [4.78, 5) is 2.69. The third kappa shape index (κ3) is 5.28. The number of benzene rings is 6. The maximum absolute atomic E-state index is 2.69. The van der Waals surface area contributed by atoms with E-state index in [0.717, 1.165) is 19.3 Å². The summed E-state index contributed by atoms with van der Waals surface area (Å²) in [5.41, 5.74) is 21.7. The van der Waals surface area contributed by atoms with Crippen molar-refractivity contribution in [2.75, 3.05) is 4.90 Å². The van der Waals surface area contributed by atoms with E-state index in [4.69, 9.17) is 0 Å². The van der Waals surface area contributed by atoms with Gasteiger partial charge in [-0.2, -0.15) is 0 Å². The Bertz CT molecular complexity index is 2940. The van der Waals surface area contributed by atoms with Gasteiger partial charge < -0.3 is 4.90 Å². The summed E-state index contributed by atoms with van der Waals surface area (Å²) in [5.74, 6) is 0.488. The number of fused-ring (bicyclic) bond motifs is 8. The van der Waals surface area contributed by atoms with Crippen LogP contribution in [-0.2, 0) is 16.2 Å². The summed E-state index contributed by atoms with van der Waals surface area (Å²) in [7, 11) is 0. The lowest BCUT2D eigenvalue weighted by atomic mass is 9.70. The van der Waals surface area contributed by atoms with Crippen molar-refractivity contribution >= 4 is 45.6 Å². The van der Waals surface area contributed by atoms with Crippen LogP contribution in [0.2, 0.25) is 0 Å². The monoisotopic (exact) mass is 755 g/mol. The number of rotatable bonds is 4. The molecular formula is C57H57N. The van der Waals surface area contributed by atoms with Crippen LogP contribution >= 0.6 is 0 Å². The summed E-state index contributed by atoms with van der Waals surface area (Å²) in [6.07, 6.45) is 13.1. The Labute approximate surface area is 346 Å². The molecule has 0 fully saturated rings. The van der Waals surface area contributed by atoms with Crippen molar-refractivity contribution in [2.45, 2.75) is 105 Å². The highest BCUT2D eigenvalue weighted by Crippen LogP contribution is 2.65. The maximum Gasteiger partial charge on any atom is 0.0555 e. The van der Waals surface area contributed by atoms with Crippen molar-refractivity contribution in [1.29, 1.82) is 0 Å². The van der Waals surface area contributed by atoms with Gasteiger partial charge in [0.15, 0.2) is 0 Å². The minimum atomic E-state index is -0.242. The zero-order valence-electron chi connectivity index (χ0n) is 36.2. The maximum atomic E-state index is 2.69. The molecular weight excluding hydrogens is 699 g/mol. The number of allylic oxidation sites excluding steroid dienone is 4. The average molecular weight is 756 g/mol. The fourth-order valence-corrected chi connectivity index (χ4v) is 11.4. The molecule has 1 unspecified atom stereocenters. The molecule has 4 aliphatic carbocycles. The molecule has 1 nitrogen and oxygen atoms in total. The van der Waals surface area contributed by atoms with Gasteiger partial charge in [-0.1, -0.05) is 152 Å². The molecule has 10 rings (SSSR count). The van der Waals surface area contributed by atoms with Crippen LogP contribution in [0.25, 0.3) is 50.8 Å². The molecule has 58 heavy (non-hydrogen) atoms. The standard InChI is InChI=1S/C57H57N/c1-34-23-30-48-46(31-34)50-51(55(4,5)6)49-45-21-15-16-22-47(45)56(7,8)52(49)54(53(50)57(48,9)10)58(39-26-28-42(36(3)32-39)41-19-13-11-17-35(41)2)40-27-29-44-38(33-40)25-24-37-18-12-14-20-43(37)44/h11,13,15-30,32-34H,12,14,31H2,1-10H3. The molecule has 0 radical (unpaired) electrons. The van der Waals surface area contributed by atoms with E-state index in [1.807, 2.05) is 0 Å². The summed E-state index contributed by atoms with van der Waals surface area (Å²) < 4.78 is 0. The van der Waals surface area contributed by atoms with Gasteiger partial charge >= 0.3 is 0 Å². The molecule has 0 spiro atoms. The second-order valence-corrected chi connectivity index (χ2v) is 19.8. The zero-order chi connectivity index (χ0) is 40.5. The van der Waals surface area contributed by atoms with Gasteiger partial charge in [-0.25, -0.2) is 0 Å². The molecule has 6 aromatic rings. The quantitative estimate of drug-likeness (QED) is 0.173. The number of nitrogens with zero attached hydrogens (tertiary/aromatic N) is 1. The Hall–Kier alpha value is -5.40. The van der Waals surface area contributed by atoms with E-state index in [9.17, 15) is 0 Å². The zero-order valence-corrected chi connectivity index (χ0v) is 36.2. The van der Waals surface area contributed by atoms with Gasteiger partial charge in [0.05, 0.1) is 5.69 Å². The molecule has 0 bridgehead atoms. The SMILES string of the molecule is Cc1ccccc1-c1ccc(N(c2ccc3c4c(ccc3c2)=CCCC=4)c2c3c(c(C(C)(C)C)c4c2C(C)(C)c2ccccc2-4)C2=C(C=CC(C)C2)C3(C)C)cc1C. The Balaban J connectivity index is 1.37. The summed E-state index contributed by atoms with van der Waals surface area (Å²) in [5, 5.41) is 5.37. The Morgan fingerprint density at radius 1 is 0.655 bits per heavy atom. The minimum absolute atomic E-state index is 0.0880. The van der Waals surface area contributed by atoms with Crippen LogP contribution < -0.4 is 15.3 Å². The molecule has 0 heterocycles. The van der Waals surface area contributed by atoms with Crippen molar-refractivity contribution in [2.24, 2.45) is 5.92 Å². The minimum Gasteiger partial charge on any atom is -0.310 e. The average Bonchev–Trinajstić information content (AvgIpc) is 3.57. The highest BCUT2D eigenvalue weighted by molar-refractivity contribution is 6.03. The fourth-order valence-electron chi connectivity index (χ4n) is 11.4. The van der Waals surface area contributed by atoms with Crippen LogP contribution in [0.1, 0.15) is 114 Å². The van der Waals surface area contributed by atoms with Crippen molar-refractivity contribution in [3.63, 3.8) is 0 Å². The van der Waals surface area contributed by atoms with E-state index >= 15 is 0 Å². The van der Waals surface area contributed by atoms with Crippen LogP contribution in [-0.4, -0.2) is 0 Å². The Morgan fingerprint density at radius 2 is 1.33 bits per heavy atom. The van der Waals surface area contributed by atoms with Gasteiger partial charge in [-0.3, -0.25) is 0 Å². The lowest BCUT2D eigenvalue weighted by Gasteiger charge is -2.40. The van der Waals surface area contributed by atoms with Crippen LogP contribution in [0.15, 0.2) is 115 Å². The molecule has 0 aromatic heterocycles. The molecule has 290 valence electrons. The van der Waals surface area contributed by atoms with Crippen LogP contribution in [0.3, 0.4) is 0 Å². The Kier molecular flexibility index (Phi) is 8.14. The first-order valence-electron chi connectivity index (χ1n) is 21.7. The highest BCUT2D eigenvalue weighted by atomic mass is 15.2. The van der Waals surface area contributed by atoms with Gasteiger partial charge in [0.2, 0.25) is 0 Å². The number of hydrogen-bond donors (Lipinski definition) is 0. The lowest BCUT2D eigenvalue weighted by molar-refractivity contribution is 0.582. The van der Waals surface area contributed by atoms with E-state index in [1.54, 1.807) is 5.57 Å². The van der Waals surface area contributed by atoms with E-state index in [0.29, 0.717) is 5.92 Å². The first kappa shape index (κ1) is 36.9. The lowest BCUT2D eigenvalue weighted by Crippen LogP contribution is -2.29. The highest BCUT2D eigenvalue weighted by Gasteiger charge is 2.51. The van der Waals surface area contributed by atoms with E-state index in [1.165, 1.54) is 105 Å². The van der Waals surface area contributed by atoms with Crippen LogP contribution in [0, 0.1) is 19.8 Å². The predicted molar refractivity (Wildman–Crippen MR) is 250 cm³/mol. The normalized spacial score (nSPS) is 18.2. The molecule has 4 aliphatic rings. The molecule has 0 saturated heterocycles. The molecule has 0 aliphatic heterocycles. The smallest absolute Gasteiger partial charge is 0.0555 e. The van der Waals surface area contributed by atoms with E-state index in [-0.39, 0.29) is 16.2 Å². The van der Waals surface area contributed by atoms with Gasteiger partial charge in [-0.05, 0) is 162 Å². The first-order valence-corrected chi connectivity index (χ1v) is 21.7. The number of anilines is 3. The van der Waals surface area contributed by atoms with Crippen molar-refractivity contribution in [1.82, 2.24) is 0 Å². The molecule has 0 saturated carbocycles. The molecule has 0 N–H and O–H groups in total. The van der Waals surface area contributed by atoms with Gasteiger partial charge in [0, 0.05) is 22.2 Å². The number of aryl methyl sites for hydroxylation is 2. The van der Waals surface area contributed by atoms with E-state index < -0.39 is 0 Å². The molecule has 1 heteroatoms. The number of hydrogen-bond acceptors (Lipinski definition) is 1. The largest absolute Gasteiger partial charge is 0.310 e. The van der Waals surface area contributed by atoms with Crippen LogP contribution in [0.4, 0.5) is 17.1 Å². The molecule has 0 amide bonds. The van der Waals surface area contributed by atoms with E-state index in [2.05, 4.69) is 196 Å². The first-order chi connectivity index (χ1) is 27.7. The summed E-state index contributed by atoms with van der Waals surface area (Å²) in [6.45, 7) is 24.3. The fraction of sp³-hybridized carbons (Fsp3) is 0.298. The van der Waals surface area contributed by atoms with Crippen LogP contribution in [0.5, 0.6) is 0 Å². The Morgan fingerprint density at radius 3 is 2.09 bits per heavy atom. The van der Waals surface area contributed by atoms with Crippen molar-refractivity contribution < 1.29 is 0 Å². The van der Waals surface area contributed by atoms with Gasteiger partial charge in [-0.15, -0.1) is 0 Å². The topological polar surface area (TPSA) is 3.24 Å². The summed E-state index contributed by atoms with van der Waals surface area (Å²) >= 11 is 0. The second kappa shape index (κ2) is 12.8. The second-order valence-electron chi connectivity index (χ2n) is 19.8. The molecule has 1 atom stereocenters. The third-order valence-electron chi connectivity index (χ3n) is 14.1. The predicted octanol–water partition coefficient (Wildman–Crippen LogP) is 14.2. The van der Waals surface area contributed by atoms with Crippen molar-refractivity contribution in [3.8, 4) is 22.3 Å². The molecule has 6 aromatic carbocycles.